The highest BCUT2D eigenvalue weighted by molar-refractivity contribution is 8.15. The minimum Gasteiger partial charge on any atom is -0.461 e. The number of aryl methyl sites for hydroxylation is 3. The number of carbonyl (C=O) groups is 2. The molecule has 220 valence electrons. The van der Waals surface area contributed by atoms with E-state index < -0.39 is 5.97 Å². The molecule has 6 heteroatoms. The molecule has 1 aromatic carbocycles. The Bertz CT molecular complexity index is 916. The Labute approximate surface area is 243 Å². The van der Waals surface area contributed by atoms with Gasteiger partial charge in [-0.2, -0.15) is 0 Å². The zero-order valence-electron chi connectivity index (χ0n) is 25.8. The number of esters is 1. The summed E-state index contributed by atoms with van der Waals surface area (Å²) in [6.07, 6.45) is 16.6. The molecule has 1 amide bonds. The SMILES string of the molecule is CCCCCCCCCCCCSC(=N[N+](CC1CC1)(C(C)=O)c1c(CC)cc(C)cc1CC)C(=O)OCC. The number of amides is 1. The van der Waals surface area contributed by atoms with Crippen molar-refractivity contribution in [3.05, 3.63) is 28.8 Å². The summed E-state index contributed by atoms with van der Waals surface area (Å²) in [5, 5.41) is 5.44. The van der Waals surface area contributed by atoms with Crippen molar-refractivity contribution in [3.8, 4) is 0 Å². The Morgan fingerprint density at radius 1 is 0.897 bits per heavy atom. The summed E-state index contributed by atoms with van der Waals surface area (Å²) in [4.78, 5) is 26.8. The van der Waals surface area contributed by atoms with Crippen molar-refractivity contribution >= 4 is 34.4 Å². The van der Waals surface area contributed by atoms with Crippen LogP contribution in [0.25, 0.3) is 0 Å². The maximum Gasteiger partial charge on any atom is 0.369 e. The Kier molecular flexibility index (Phi) is 15.4. The van der Waals surface area contributed by atoms with Crippen molar-refractivity contribution in [2.75, 3.05) is 18.9 Å². The molecule has 1 aliphatic carbocycles. The first-order chi connectivity index (χ1) is 18.8. The van der Waals surface area contributed by atoms with Crippen LogP contribution in [-0.4, -0.2) is 35.8 Å². The largest absolute Gasteiger partial charge is 0.461 e. The first kappa shape index (κ1) is 33.5. The molecule has 2 rings (SSSR count). The van der Waals surface area contributed by atoms with E-state index in [4.69, 9.17) is 9.84 Å². The number of unbranched alkanes of at least 4 members (excludes halogenated alkanes) is 9. The van der Waals surface area contributed by atoms with Crippen LogP contribution in [0.5, 0.6) is 0 Å². The van der Waals surface area contributed by atoms with Gasteiger partial charge in [-0.25, -0.2) is 9.59 Å². The zero-order valence-corrected chi connectivity index (χ0v) is 26.6. The van der Waals surface area contributed by atoms with Crippen LogP contribution in [0.4, 0.5) is 5.69 Å². The summed E-state index contributed by atoms with van der Waals surface area (Å²) in [6, 6.07) is 4.38. The van der Waals surface area contributed by atoms with Crippen molar-refractivity contribution in [1.82, 2.24) is 4.59 Å². The van der Waals surface area contributed by atoms with Crippen LogP contribution in [0, 0.1) is 12.8 Å². The van der Waals surface area contributed by atoms with Gasteiger partial charge >= 0.3 is 11.9 Å². The molecule has 0 N–H and O–H groups in total. The second-order valence-electron chi connectivity index (χ2n) is 11.2. The molecule has 0 aromatic heterocycles. The van der Waals surface area contributed by atoms with Crippen LogP contribution in [0.15, 0.2) is 17.2 Å². The number of thioether (sulfide) groups is 1. The van der Waals surface area contributed by atoms with E-state index >= 15 is 0 Å². The van der Waals surface area contributed by atoms with Gasteiger partial charge in [0.25, 0.3) is 0 Å². The van der Waals surface area contributed by atoms with Crippen molar-refractivity contribution in [1.29, 1.82) is 0 Å². The number of nitrogens with zero attached hydrogens (tertiary/aromatic N) is 2. The number of benzene rings is 1. The average molecular weight is 560 g/mol. The van der Waals surface area contributed by atoms with Crippen LogP contribution in [-0.2, 0) is 27.2 Å². The summed E-state index contributed by atoms with van der Waals surface area (Å²) in [7, 11) is 0. The molecule has 1 atom stereocenters. The lowest BCUT2D eigenvalue weighted by Crippen LogP contribution is -2.52. The maximum atomic E-state index is 13.6. The summed E-state index contributed by atoms with van der Waals surface area (Å²) in [5.41, 5.74) is 4.47. The minimum atomic E-state index is -0.405. The highest BCUT2D eigenvalue weighted by Crippen LogP contribution is 2.41. The molecule has 0 heterocycles. The predicted molar refractivity (Wildman–Crippen MR) is 168 cm³/mol. The Morgan fingerprint density at radius 3 is 1.90 bits per heavy atom. The lowest BCUT2D eigenvalue weighted by molar-refractivity contribution is -0.134. The second-order valence-corrected chi connectivity index (χ2v) is 12.3. The number of hydrogen-bond acceptors (Lipinski definition) is 5. The molecular weight excluding hydrogens is 504 g/mol. The van der Waals surface area contributed by atoms with Crippen LogP contribution in [0.2, 0.25) is 0 Å². The molecule has 0 bridgehead atoms. The van der Waals surface area contributed by atoms with E-state index in [1.165, 1.54) is 68.7 Å². The highest BCUT2D eigenvalue weighted by atomic mass is 32.2. The third-order valence-electron chi connectivity index (χ3n) is 7.73. The van der Waals surface area contributed by atoms with E-state index in [-0.39, 0.29) is 10.5 Å². The first-order valence-electron chi connectivity index (χ1n) is 15.7. The van der Waals surface area contributed by atoms with Crippen molar-refractivity contribution in [3.63, 3.8) is 0 Å². The van der Waals surface area contributed by atoms with E-state index in [1.54, 1.807) is 6.92 Å². The van der Waals surface area contributed by atoms with Gasteiger partial charge in [0.05, 0.1) is 13.5 Å². The van der Waals surface area contributed by atoms with Gasteiger partial charge < -0.3 is 4.74 Å². The molecule has 1 aliphatic rings. The minimum absolute atomic E-state index is 0.0310. The normalized spacial score (nSPS) is 15.3. The lowest BCUT2D eigenvalue weighted by Gasteiger charge is -2.32. The molecule has 0 radical (unpaired) electrons. The second kappa shape index (κ2) is 17.9. The van der Waals surface area contributed by atoms with Gasteiger partial charge in [-0.05, 0) is 51.7 Å². The average Bonchev–Trinajstić information content (AvgIpc) is 3.73. The summed E-state index contributed by atoms with van der Waals surface area (Å²) < 4.78 is 5.33. The molecule has 1 unspecified atom stereocenters. The quantitative estimate of drug-likeness (QED) is 0.0450. The summed E-state index contributed by atoms with van der Waals surface area (Å²) in [6.45, 7) is 13.0. The monoisotopic (exact) mass is 559 g/mol. The van der Waals surface area contributed by atoms with Crippen LogP contribution in [0.3, 0.4) is 0 Å². The number of quaternary nitrogens is 1. The van der Waals surface area contributed by atoms with Crippen LogP contribution >= 0.6 is 11.8 Å². The van der Waals surface area contributed by atoms with Crippen molar-refractivity contribution in [2.24, 2.45) is 11.0 Å². The third-order valence-corrected chi connectivity index (χ3v) is 8.75. The Hall–Kier alpha value is -1.66. The fraction of sp³-hybridized carbons (Fsp3) is 0.727. The standard InChI is InChI=1S/C33H55N2O3S/c1-7-11-12-13-14-15-16-17-18-19-22-39-32(33(37)38-10-4)34-35(27(6)36,25-28-20-21-28)31-29(8-2)23-26(5)24-30(31)9-3/h23-24,28H,7-22,25H2,1-6H3/q+1. The van der Waals surface area contributed by atoms with Crippen molar-refractivity contribution < 1.29 is 14.3 Å². The van der Waals surface area contributed by atoms with Crippen LogP contribution < -0.4 is 4.59 Å². The van der Waals surface area contributed by atoms with Gasteiger partial charge in [-0.3, -0.25) is 0 Å². The maximum absolute atomic E-state index is 13.6. The molecule has 1 fully saturated rings. The van der Waals surface area contributed by atoms with Gasteiger partial charge in [0.2, 0.25) is 5.04 Å². The summed E-state index contributed by atoms with van der Waals surface area (Å²) >= 11 is 1.47. The highest BCUT2D eigenvalue weighted by Gasteiger charge is 2.46. The molecule has 1 saturated carbocycles. The first-order valence-corrected chi connectivity index (χ1v) is 16.7. The topological polar surface area (TPSA) is 55.7 Å². The molecular formula is C33H55N2O3S+. The van der Waals surface area contributed by atoms with Gasteiger partial charge in [0.15, 0.2) is 5.69 Å². The van der Waals surface area contributed by atoms with Gasteiger partial charge in [-0.15, -0.1) is 4.59 Å². The molecule has 0 spiro atoms. The zero-order chi connectivity index (χ0) is 28.7. The van der Waals surface area contributed by atoms with Gasteiger partial charge in [0, 0.05) is 17.0 Å². The van der Waals surface area contributed by atoms with E-state index in [9.17, 15) is 9.59 Å². The molecule has 5 nitrogen and oxygen atoms in total. The van der Waals surface area contributed by atoms with Gasteiger partial charge in [0.1, 0.15) is 6.54 Å². The van der Waals surface area contributed by atoms with Crippen molar-refractivity contribution in [2.45, 2.75) is 131 Å². The van der Waals surface area contributed by atoms with E-state index in [2.05, 4.69) is 39.8 Å². The Morgan fingerprint density at radius 2 is 1.44 bits per heavy atom. The fourth-order valence-corrected chi connectivity index (χ4v) is 6.31. The van der Waals surface area contributed by atoms with E-state index in [1.807, 2.05) is 6.92 Å². The number of carbonyl (C=O) groups excluding carboxylic acids is 2. The summed E-state index contributed by atoms with van der Waals surface area (Å²) in [5.74, 6) is 0.822. The molecule has 0 saturated heterocycles. The predicted octanol–water partition coefficient (Wildman–Crippen LogP) is 8.91. The number of hydrogen-bond donors (Lipinski definition) is 0. The fourth-order valence-electron chi connectivity index (χ4n) is 5.40. The Balaban J connectivity index is 2.25. The number of ether oxygens (including phenoxy) is 1. The van der Waals surface area contributed by atoms with Crippen LogP contribution in [0.1, 0.15) is 128 Å². The third kappa shape index (κ3) is 10.7. The van der Waals surface area contributed by atoms with Gasteiger partial charge in [-0.1, -0.05) is 113 Å². The smallest absolute Gasteiger partial charge is 0.369 e. The molecule has 0 aliphatic heterocycles. The van der Waals surface area contributed by atoms with E-state index in [0.29, 0.717) is 24.1 Å². The number of rotatable bonds is 18. The molecule has 1 aromatic rings. The van der Waals surface area contributed by atoms with E-state index in [0.717, 1.165) is 61.1 Å². The lowest BCUT2D eigenvalue weighted by atomic mass is 9.97. The molecule has 39 heavy (non-hydrogen) atoms.